The highest BCUT2D eigenvalue weighted by Gasteiger charge is 2.41. The van der Waals surface area contributed by atoms with Crippen molar-refractivity contribution in [3.63, 3.8) is 0 Å². The van der Waals surface area contributed by atoms with Gasteiger partial charge < -0.3 is 14.2 Å². The first-order valence-electron chi connectivity index (χ1n) is 9.84. The Bertz CT molecular complexity index is 1100. The molecule has 0 bridgehead atoms. The summed E-state index contributed by atoms with van der Waals surface area (Å²) in [5.41, 5.74) is 3.22. The second-order valence-electron chi connectivity index (χ2n) is 7.12. The third-order valence-electron chi connectivity index (χ3n) is 5.33. The molecule has 154 valence electrons. The van der Waals surface area contributed by atoms with E-state index in [2.05, 4.69) is 44.5 Å². The Hall–Kier alpha value is -2.51. The Morgan fingerprint density at radius 3 is 2.87 bits per heavy atom. The maximum atomic E-state index is 6.46. The van der Waals surface area contributed by atoms with Gasteiger partial charge in [-0.05, 0) is 54.8 Å². The van der Waals surface area contributed by atoms with Gasteiger partial charge in [0.05, 0.1) is 30.3 Å². The van der Waals surface area contributed by atoms with E-state index >= 15 is 0 Å². The summed E-state index contributed by atoms with van der Waals surface area (Å²) in [6, 6.07) is 16.4. The first-order chi connectivity index (χ1) is 14.7. The summed E-state index contributed by atoms with van der Waals surface area (Å²) in [4.78, 5) is 1.20. The van der Waals surface area contributed by atoms with Crippen molar-refractivity contribution in [1.82, 2.24) is 5.01 Å². The van der Waals surface area contributed by atoms with Crippen LogP contribution >= 0.6 is 27.3 Å². The molecule has 5 nitrogen and oxygen atoms in total. The lowest BCUT2D eigenvalue weighted by Gasteiger charge is -2.38. The molecule has 5 rings (SSSR count). The molecule has 7 heteroatoms. The number of hydrazone groups is 1. The summed E-state index contributed by atoms with van der Waals surface area (Å²) in [6.07, 6.45) is 0.503. The van der Waals surface area contributed by atoms with Crippen LogP contribution in [0.4, 0.5) is 0 Å². The molecular formula is C23H21BrN2O3S. The molecular weight excluding hydrogens is 464 g/mol. The zero-order valence-electron chi connectivity index (χ0n) is 16.7. The van der Waals surface area contributed by atoms with Crippen LogP contribution in [0.25, 0.3) is 0 Å². The Labute approximate surface area is 188 Å². The predicted molar refractivity (Wildman–Crippen MR) is 122 cm³/mol. The molecule has 0 radical (unpaired) electrons. The van der Waals surface area contributed by atoms with Crippen molar-refractivity contribution in [3.8, 4) is 17.2 Å². The number of hydrogen-bond donors (Lipinski definition) is 0. The smallest absolute Gasteiger partial charge is 0.214 e. The van der Waals surface area contributed by atoms with Crippen molar-refractivity contribution < 1.29 is 14.2 Å². The lowest BCUT2D eigenvalue weighted by molar-refractivity contribution is -0.0192. The van der Waals surface area contributed by atoms with Crippen molar-refractivity contribution in [3.05, 3.63) is 74.4 Å². The maximum Gasteiger partial charge on any atom is 0.214 e. The van der Waals surface area contributed by atoms with Gasteiger partial charge in [0.2, 0.25) is 6.23 Å². The van der Waals surface area contributed by atoms with Crippen LogP contribution in [0, 0.1) is 0 Å². The van der Waals surface area contributed by atoms with Crippen molar-refractivity contribution in [2.45, 2.75) is 25.6 Å². The fourth-order valence-electron chi connectivity index (χ4n) is 3.98. The van der Waals surface area contributed by atoms with Gasteiger partial charge in [0, 0.05) is 22.0 Å². The Kier molecular flexibility index (Phi) is 5.16. The van der Waals surface area contributed by atoms with Gasteiger partial charge in [-0.25, -0.2) is 5.01 Å². The lowest BCUT2D eigenvalue weighted by Crippen LogP contribution is -2.33. The second kappa shape index (κ2) is 7.96. The van der Waals surface area contributed by atoms with Gasteiger partial charge in [-0.2, -0.15) is 5.10 Å². The molecule has 3 aromatic rings. The number of ether oxygens (including phenoxy) is 3. The van der Waals surface area contributed by atoms with Crippen LogP contribution in [0.1, 0.15) is 41.6 Å². The van der Waals surface area contributed by atoms with Crippen LogP contribution in [-0.2, 0) is 0 Å². The highest BCUT2D eigenvalue weighted by Crippen LogP contribution is 2.49. The Morgan fingerprint density at radius 1 is 1.20 bits per heavy atom. The lowest BCUT2D eigenvalue weighted by atomic mass is 9.97. The largest absolute Gasteiger partial charge is 0.493 e. The standard InChI is InChI=1S/C23H21BrN2O3S/c1-3-28-20-8-6-14(11-21(20)27-2)23-26-18(13-17(25-26)22-5-4-10-30-22)16-12-15(24)7-9-19(16)29-23/h4-12,18,23H,3,13H2,1-2H3. The monoisotopic (exact) mass is 484 g/mol. The normalized spacial score (nSPS) is 19.6. The third-order valence-corrected chi connectivity index (χ3v) is 6.74. The summed E-state index contributed by atoms with van der Waals surface area (Å²) in [7, 11) is 1.65. The Morgan fingerprint density at radius 2 is 2.10 bits per heavy atom. The minimum absolute atomic E-state index is 0.117. The molecule has 2 aromatic carbocycles. The number of benzene rings is 2. The topological polar surface area (TPSA) is 43.3 Å². The molecule has 2 aliphatic heterocycles. The van der Waals surface area contributed by atoms with Crippen LogP contribution in [0.3, 0.4) is 0 Å². The second-order valence-corrected chi connectivity index (χ2v) is 8.98. The number of halogens is 1. The molecule has 2 atom stereocenters. The quantitative estimate of drug-likeness (QED) is 0.434. The highest BCUT2D eigenvalue weighted by atomic mass is 79.9. The predicted octanol–water partition coefficient (Wildman–Crippen LogP) is 6.16. The van der Waals surface area contributed by atoms with Crippen molar-refractivity contribution >= 4 is 33.0 Å². The van der Waals surface area contributed by atoms with E-state index < -0.39 is 0 Å². The van der Waals surface area contributed by atoms with Gasteiger partial charge in [-0.3, -0.25) is 0 Å². The summed E-state index contributed by atoms with van der Waals surface area (Å²) >= 11 is 5.32. The van der Waals surface area contributed by atoms with Crippen LogP contribution in [0.5, 0.6) is 17.2 Å². The molecule has 2 unspecified atom stereocenters. The third kappa shape index (κ3) is 3.36. The molecule has 3 heterocycles. The summed E-state index contributed by atoms with van der Waals surface area (Å²) < 4.78 is 18.7. The van der Waals surface area contributed by atoms with E-state index in [9.17, 15) is 0 Å². The first-order valence-corrected chi connectivity index (χ1v) is 11.5. The number of fused-ring (bicyclic) bond motifs is 3. The fraction of sp³-hybridized carbons (Fsp3) is 0.261. The molecule has 0 fully saturated rings. The number of rotatable bonds is 5. The van der Waals surface area contributed by atoms with E-state index in [1.165, 1.54) is 4.88 Å². The van der Waals surface area contributed by atoms with Crippen molar-refractivity contribution in [2.24, 2.45) is 5.10 Å². The minimum atomic E-state index is -0.342. The molecule has 2 aliphatic rings. The zero-order valence-corrected chi connectivity index (χ0v) is 19.1. The van der Waals surface area contributed by atoms with Gasteiger partial charge in [0.1, 0.15) is 5.75 Å². The molecule has 1 aromatic heterocycles. The maximum absolute atomic E-state index is 6.46. The van der Waals surface area contributed by atoms with E-state index in [1.54, 1.807) is 18.4 Å². The summed E-state index contributed by atoms with van der Waals surface area (Å²) in [5.74, 6) is 2.31. The first kappa shape index (κ1) is 19.5. The van der Waals surface area contributed by atoms with Gasteiger partial charge in [-0.15, -0.1) is 11.3 Å². The number of hydrogen-bond acceptors (Lipinski definition) is 6. The van der Waals surface area contributed by atoms with Crippen LogP contribution < -0.4 is 14.2 Å². The molecule has 0 spiro atoms. The van der Waals surface area contributed by atoms with Gasteiger partial charge in [0.15, 0.2) is 11.5 Å². The van der Waals surface area contributed by atoms with E-state index in [0.29, 0.717) is 12.4 Å². The molecule has 0 saturated heterocycles. The highest BCUT2D eigenvalue weighted by molar-refractivity contribution is 9.10. The van der Waals surface area contributed by atoms with Gasteiger partial charge in [0.25, 0.3) is 0 Å². The molecule has 0 amide bonds. The van der Waals surface area contributed by atoms with Crippen molar-refractivity contribution in [1.29, 1.82) is 0 Å². The van der Waals surface area contributed by atoms with Crippen LogP contribution in [0.15, 0.2) is 63.5 Å². The fourth-order valence-corrected chi connectivity index (χ4v) is 5.08. The molecule has 30 heavy (non-hydrogen) atoms. The molecule has 0 N–H and O–H groups in total. The van der Waals surface area contributed by atoms with Crippen molar-refractivity contribution in [2.75, 3.05) is 13.7 Å². The summed E-state index contributed by atoms with van der Waals surface area (Å²) in [5, 5.41) is 9.17. The zero-order chi connectivity index (χ0) is 20.7. The average molecular weight is 485 g/mol. The number of nitrogens with zero attached hydrogens (tertiary/aromatic N) is 2. The SMILES string of the molecule is CCOc1ccc(C2Oc3ccc(Br)cc3C3CC(c4cccs4)=NN32)cc1OC. The number of thiophene rings is 1. The van der Waals surface area contributed by atoms with E-state index in [0.717, 1.165) is 39.2 Å². The van der Waals surface area contributed by atoms with Crippen LogP contribution in [-0.4, -0.2) is 24.4 Å². The van der Waals surface area contributed by atoms with Gasteiger partial charge >= 0.3 is 0 Å². The van der Waals surface area contributed by atoms with Crippen LogP contribution in [0.2, 0.25) is 0 Å². The molecule has 0 saturated carbocycles. The Balaban J connectivity index is 1.58. The van der Waals surface area contributed by atoms with E-state index in [-0.39, 0.29) is 12.3 Å². The minimum Gasteiger partial charge on any atom is -0.493 e. The van der Waals surface area contributed by atoms with Gasteiger partial charge in [-0.1, -0.05) is 22.0 Å². The van der Waals surface area contributed by atoms with E-state index in [1.807, 2.05) is 37.3 Å². The average Bonchev–Trinajstić information content (AvgIpc) is 3.44. The number of methoxy groups -OCH3 is 1. The van der Waals surface area contributed by atoms with E-state index in [4.69, 9.17) is 19.3 Å². The summed E-state index contributed by atoms with van der Waals surface area (Å²) in [6.45, 7) is 2.54. The molecule has 0 aliphatic carbocycles.